The van der Waals surface area contributed by atoms with E-state index in [0.29, 0.717) is 18.4 Å². The van der Waals surface area contributed by atoms with Crippen LogP contribution in [0.2, 0.25) is 5.02 Å². The molecule has 0 spiro atoms. The molecule has 0 aliphatic heterocycles. The molecule has 2 unspecified atom stereocenters. The van der Waals surface area contributed by atoms with Crippen LogP contribution in [0.25, 0.3) is 0 Å². The lowest BCUT2D eigenvalue weighted by molar-refractivity contribution is 0.159. The minimum atomic E-state index is -3.67. The van der Waals surface area contributed by atoms with E-state index < -0.39 is 21.2 Å². The molecule has 5 heteroatoms. The van der Waals surface area contributed by atoms with Gasteiger partial charge in [-0.1, -0.05) is 48.0 Å². The minimum absolute atomic E-state index is 0.0927. The average molecular weight is 323 g/mol. The summed E-state index contributed by atoms with van der Waals surface area (Å²) < 4.78 is 25.6. The van der Waals surface area contributed by atoms with Crippen molar-refractivity contribution < 1.29 is 13.5 Å². The van der Waals surface area contributed by atoms with Gasteiger partial charge in [0.2, 0.25) is 0 Å². The SMILES string of the molecule is O=S(=O)(c1ccccc1Cl)C1CCc2ccccc2C1O. The second kappa shape index (κ2) is 5.44. The Morgan fingerprint density at radius 3 is 2.48 bits per heavy atom. The largest absolute Gasteiger partial charge is 0.387 e. The van der Waals surface area contributed by atoms with Crippen molar-refractivity contribution in [2.45, 2.75) is 29.1 Å². The zero-order valence-electron chi connectivity index (χ0n) is 11.2. The summed E-state index contributed by atoms with van der Waals surface area (Å²) in [5, 5.41) is 9.83. The van der Waals surface area contributed by atoms with E-state index >= 15 is 0 Å². The van der Waals surface area contributed by atoms with Crippen LogP contribution in [0.4, 0.5) is 0 Å². The number of aliphatic hydroxyl groups excluding tert-OH is 1. The predicted molar refractivity (Wildman–Crippen MR) is 82.1 cm³/mol. The van der Waals surface area contributed by atoms with Crippen molar-refractivity contribution in [2.24, 2.45) is 0 Å². The maximum atomic E-state index is 12.8. The first kappa shape index (κ1) is 14.6. The highest BCUT2D eigenvalue weighted by molar-refractivity contribution is 7.92. The topological polar surface area (TPSA) is 54.4 Å². The third-order valence-corrected chi connectivity index (χ3v) is 6.67. The molecule has 3 rings (SSSR count). The third-order valence-electron chi connectivity index (χ3n) is 3.97. The summed E-state index contributed by atoms with van der Waals surface area (Å²) in [5.41, 5.74) is 1.71. The minimum Gasteiger partial charge on any atom is -0.387 e. The van der Waals surface area contributed by atoms with E-state index in [4.69, 9.17) is 11.6 Å². The van der Waals surface area contributed by atoms with E-state index in [0.717, 1.165) is 5.56 Å². The first-order valence-corrected chi connectivity index (χ1v) is 8.68. The smallest absolute Gasteiger partial charge is 0.185 e. The normalized spacial score (nSPS) is 21.8. The van der Waals surface area contributed by atoms with Gasteiger partial charge in [-0.25, -0.2) is 8.42 Å². The van der Waals surface area contributed by atoms with Crippen LogP contribution >= 0.6 is 11.6 Å². The molecule has 1 N–H and O–H groups in total. The average Bonchev–Trinajstić information content (AvgIpc) is 2.48. The first-order chi connectivity index (χ1) is 10.0. The van der Waals surface area contributed by atoms with E-state index in [2.05, 4.69) is 0 Å². The quantitative estimate of drug-likeness (QED) is 0.924. The van der Waals surface area contributed by atoms with Crippen molar-refractivity contribution in [2.75, 3.05) is 0 Å². The van der Waals surface area contributed by atoms with Gasteiger partial charge in [0.15, 0.2) is 9.84 Å². The molecule has 0 amide bonds. The maximum Gasteiger partial charge on any atom is 0.185 e. The monoisotopic (exact) mass is 322 g/mol. The second-order valence-corrected chi connectivity index (χ2v) is 7.74. The molecule has 0 bridgehead atoms. The van der Waals surface area contributed by atoms with Gasteiger partial charge in [-0.15, -0.1) is 0 Å². The van der Waals surface area contributed by atoms with Crippen LogP contribution in [0, 0.1) is 0 Å². The van der Waals surface area contributed by atoms with Gasteiger partial charge in [-0.3, -0.25) is 0 Å². The van der Waals surface area contributed by atoms with Crippen LogP contribution in [0.5, 0.6) is 0 Å². The summed E-state index contributed by atoms with van der Waals surface area (Å²) in [6.45, 7) is 0. The summed E-state index contributed by atoms with van der Waals surface area (Å²) in [4.78, 5) is 0.0927. The molecule has 0 saturated carbocycles. The summed E-state index contributed by atoms with van der Waals surface area (Å²) >= 11 is 6.02. The van der Waals surface area contributed by atoms with Gasteiger partial charge in [0.1, 0.15) is 0 Å². The van der Waals surface area contributed by atoms with Crippen molar-refractivity contribution in [1.29, 1.82) is 0 Å². The Labute approximate surface area is 129 Å². The molecular weight excluding hydrogens is 308 g/mol. The highest BCUT2D eigenvalue weighted by Crippen LogP contribution is 2.37. The number of fused-ring (bicyclic) bond motifs is 1. The predicted octanol–water partition coefficient (Wildman–Crippen LogP) is 3.16. The van der Waals surface area contributed by atoms with Crippen molar-refractivity contribution in [3.8, 4) is 0 Å². The molecule has 2 aromatic carbocycles. The Kier molecular flexibility index (Phi) is 3.78. The Morgan fingerprint density at radius 2 is 1.71 bits per heavy atom. The molecule has 0 aromatic heterocycles. The summed E-state index contributed by atoms with van der Waals surface area (Å²) in [5.74, 6) is 0. The van der Waals surface area contributed by atoms with Crippen LogP contribution in [0.3, 0.4) is 0 Å². The van der Waals surface area contributed by atoms with Gasteiger partial charge in [-0.05, 0) is 36.1 Å². The van der Waals surface area contributed by atoms with E-state index in [1.807, 2.05) is 18.2 Å². The Hall–Kier alpha value is -1.36. The van der Waals surface area contributed by atoms with Gasteiger partial charge >= 0.3 is 0 Å². The Bertz CT molecular complexity index is 771. The third kappa shape index (κ3) is 2.48. The number of sulfone groups is 1. The van der Waals surface area contributed by atoms with Crippen LogP contribution < -0.4 is 0 Å². The zero-order valence-corrected chi connectivity index (χ0v) is 12.8. The highest BCUT2D eigenvalue weighted by Gasteiger charge is 2.38. The first-order valence-electron chi connectivity index (χ1n) is 6.76. The molecule has 2 atom stereocenters. The zero-order chi connectivity index (χ0) is 15.0. The molecule has 0 saturated heterocycles. The molecule has 21 heavy (non-hydrogen) atoms. The van der Waals surface area contributed by atoms with E-state index in [-0.39, 0.29) is 9.92 Å². The Morgan fingerprint density at radius 1 is 1.05 bits per heavy atom. The molecule has 0 radical (unpaired) electrons. The maximum absolute atomic E-state index is 12.8. The lowest BCUT2D eigenvalue weighted by Crippen LogP contribution is -2.33. The van der Waals surface area contributed by atoms with Gasteiger partial charge < -0.3 is 5.11 Å². The number of aryl methyl sites for hydroxylation is 1. The van der Waals surface area contributed by atoms with Crippen molar-refractivity contribution in [1.82, 2.24) is 0 Å². The standard InChI is InChI=1S/C16H15ClO3S/c17-13-7-3-4-8-14(13)21(19,20)15-10-9-11-5-1-2-6-12(11)16(15)18/h1-8,15-16,18H,9-10H2. The highest BCUT2D eigenvalue weighted by atomic mass is 35.5. The molecular formula is C16H15ClO3S. The number of halogens is 1. The van der Waals surface area contributed by atoms with E-state index in [9.17, 15) is 13.5 Å². The molecule has 1 aliphatic rings. The van der Waals surface area contributed by atoms with Gasteiger partial charge in [0, 0.05) is 0 Å². The van der Waals surface area contributed by atoms with Gasteiger partial charge in [0.05, 0.1) is 21.3 Å². The molecule has 0 fully saturated rings. The molecule has 0 heterocycles. The Balaban J connectivity index is 2.04. The lowest BCUT2D eigenvalue weighted by Gasteiger charge is -2.30. The fraction of sp³-hybridized carbons (Fsp3) is 0.250. The van der Waals surface area contributed by atoms with E-state index in [1.54, 1.807) is 24.3 Å². The fourth-order valence-electron chi connectivity index (χ4n) is 2.87. The van der Waals surface area contributed by atoms with Crippen molar-refractivity contribution >= 4 is 21.4 Å². The number of hydrogen-bond acceptors (Lipinski definition) is 3. The van der Waals surface area contributed by atoms with Crippen molar-refractivity contribution in [3.63, 3.8) is 0 Å². The lowest BCUT2D eigenvalue weighted by atomic mass is 9.89. The number of hydrogen-bond donors (Lipinski definition) is 1. The van der Waals surface area contributed by atoms with Gasteiger partial charge in [0.25, 0.3) is 0 Å². The molecule has 1 aliphatic carbocycles. The van der Waals surface area contributed by atoms with Crippen LogP contribution in [-0.2, 0) is 16.3 Å². The number of benzene rings is 2. The van der Waals surface area contributed by atoms with Gasteiger partial charge in [-0.2, -0.15) is 0 Å². The molecule has 110 valence electrons. The summed E-state index contributed by atoms with van der Waals surface area (Å²) in [6, 6.07) is 13.8. The van der Waals surface area contributed by atoms with Crippen LogP contribution in [0.15, 0.2) is 53.4 Å². The summed E-state index contributed by atoms with van der Waals surface area (Å²) in [6.07, 6.45) is 0.0177. The number of aliphatic hydroxyl groups is 1. The van der Waals surface area contributed by atoms with Crippen LogP contribution in [0.1, 0.15) is 23.7 Å². The number of rotatable bonds is 2. The summed E-state index contributed by atoms with van der Waals surface area (Å²) in [7, 11) is -3.67. The van der Waals surface area contributed by atoms with Crippen LogP contribution in [-0.4, -0.2) is 18.8 Å². The fourth-order valence-corrected chi connectivity index (χ4v) is 5.18. The second-order valence-electron chi connectivity index (χ2n) is 5.20. The molecule has 3 nitrogen and oxygen atoms in total. The molecule has 2 aromatic rings. The van der Waals surface area contributed by atoms with Crippen molar-refractivity contribution in [3.05, 3.63) is 64.7 Å². The van der Waals surface area contributed by atoms with E-state index in [1.165, 1.54) is 6.07 Å².